The van der Waals surface area contributed by atoms with Crippen LogP contribution >= 0.6 is 0 Å². The first-order valence-electron chi connectivity index (χ1n) is 10.4. The van der Waals surface area contributed by atoms with Gasteiger partial charge in [-0.05, 0) is 55.7 Å². The zero-order valence-corrected chi connectivity index (χ0v) is 18.0. The molecule has 0 bridgehead atoms. The largest absolute Gasteiger partial charge is 0.493 e. The van der Waals surface area contributed by atoms with Crippen molar-refractivity contribution >= 4 is 5.96 Å². The van der Waals surface area contributed by atoms with Crippen LogP contribution in [-0.2, 0) is 11.2 Å². The average molecular weight is 392 g/mol. The van der Waals surface area contributed by atoms with Gasteiger partial charge in [-0.15, -0.1) is 0 Å². The van der Waals surface area contributed by atoms with Gasteiger partial charge in [0.2, 0.25) is 0 Å². The van der Waals surface area contributed by atoms with Crippen molar-refractivity contribution in [3.8, 4) is 11.5 Å². The number of hydrogen-bond acceptors (Lipinski definition) is 4. The van der Waals surface area contributed by atoms with Crippen LogP contribution in [-0.4, -0.2) is 53.5 Å². The molecule has 0 heterocycles. The molecule has 1 aromatic carbocycles. The van der Waals surface area contributed by atoms with Crippen LogP contribution in [0.25, 0.3) is 0 Å². The third kappa shape index (κ3) is 6.59. The molecule has 0 unspecified atom stereocenters. The zero-order chi connectivity index (χ0) is 20.2. The van der Waals surface area contributed by atoms with Crippen molar-refractivity contribution in [2.75, 3.05) is 47.6 Å². The van der Waals surface area contributed by atoms with Gasteiger partial charge in [-0.2, -0.15) is 0 Å². The number of methoxy groups -OCH3 is 3. The summed E-state index contributed by atoms with van der Waals surface area (Å²) >= 11 is 0. The van der Waals surface area contributed by atoms with E-state index in [0.717, 1.165) is 56.5 Å². The zero-order valence-electron chi connectivity index (χ0n) is 18.0. The summed E-state index contributed by atoms with van der Waals surface area (Å²) in [6, 6.07) is 6.06. The Morgan fingerprint density at radius 2 is 1.82 bits per heavy atom. The summed E-state index contributed by atoms with van der Waals surface area (Å²) in [4.78, 5) is 4.91. The molecule has 6 heteroatoms. The second kappa shape index (κ2) is 11.8. The summed E-state index contributed by atoms with van der Waals surface area (Å²) in [5.41, 5.74) is 1.51. The van der Waals surface area contributed by atoms with Crippen molar-refractivity contribution in [2.24, 2.45) is 10.4 Å². The quantitative estimate of drug-likeness (QED) is 0.447. The molecular weight excluding hydrogens is 354 g/mol. The van der Waals surface area contributed by atoms with E-state index in [1.165, 1.54) is 31.2 Å². The Morgan fingerprint density at radius 1 is 1.07 bits per heavy atom. The molecule has 1 aliphatic rings. The van der Waals surface area contributed by atoms with Gasteiger partial charge in [-0.25, -0.2) is 0 Å². The lowest BCUT2D eigenvalue weighted by Gasteiger charge is -2.27. The second-order valence-electron chi connectivity index (χ2n) is 7.51. The minimum Gasteiger partial charge on any atom is -0.493 e. The smallest absolute Gasteiger partial charge is 0.191 e. The summed E-state index contributed by atoms with van der Waals surface area (Å²) < 4.78 is 16.0. The Labute approximate surface area is 170 Å². The first-order chi connectivity index (χ1) is 13.7. The van der Waals surface area contributed by atoms with Crippen LogP contribution in [0.15, 0.2) is 23.2 Å². The van der Waals surface area contributed by atoms with Gasteiger partial charge >= 0.3 is 0 Å². The van der Waals surface area contributed by atoms with E-state index in [1.807, 2.05) is 12.1 Å². The van der Waals surface area contributed by atoms with Crippen LogP contribution in [0.3, 0.4) is 0 Å². The highest BCUT2D eigenvalue weighted by Gasteiger charge is 2.33. The van der Waals surface area contributed by atoms with Crippen molar-refractivity contribution in [3.63, 3.8) is 0 Å². The number of ether oxygens (including phenoxy) is 3. The van der Waals surface area contributed by atoms with E-state index in [4.69, 9.17) is 19.2 Å². The predicted molar refractivity (Wildman–Crippen MR) is 115 cm³/mol. The lowest BCUT2D eigenvalue weighted by molar-refractivity contribution is 0.141. The van der Waals surface area contributed by atoms with Gasteiger partial charge in [-0.1, -0.05) is 18.9 Å². The van der Waals surface area contributed by atoms with E-state index in [2.05, 4.69) is 23.6 Å². The van der Waals surface area contributed by atoms with Gasteiger partial charge in [0.25, 0.3) is 0 Å². The molecule has 0 radical (unpaired) electrons. The summed E-state index contributed by atoms with van der Waals surface area (Å²) in [5.74, 6) is 2.42. The standard InChI is InChI=1S/C22H37N3O3/c1-5-23-21(25-17-22(13-15-26-2)11-6-7-12-22)24-14-10-18-8-9-19(27-3)20(16-18)28-4/h8-9,16H,5-7,10-15,17H2,1-4H3,(H2,23,24,25). The van der Waals surface area contributed by atoms with Crippen LogP contribution in [0.2, 0.25) is 0 Å². The molecule has 0 saturated heterocycles. The fourth-order valence-corrected chi connectivity index (χ4v) is 3.88. The first kappa shape index (κ1) is 22.3. The maximum atomic E-state index is 5.39. The molecule has 0 spiro atoms. The number of nitrogens with one attached hydrogen (secondary N) is 2. The highest BCUT2D eigenvalue weighted by atomic mass is 16.5. The lowest BCUT2D eigenvalue weighted by Crippen LogP contribution is -2.39. The second-order valence-corrected chi connectivity index (χ2v) is 7.51. The summed E-state index contributed by atoms with van der Waals surface area (Å²) in [5, 5.41) is 6.84. The minimum absolute atomic E-state index is 0.307. The molecular formula is C22H37N3O3. The van der Waals surface area contributed by atoms with Gasteiger partial charge in [0.15, 0.2) is 17.5 Å². The van der Waals surface area contributed by atoms with E-state index < -0.39 is 0 Å². The van der Waals surface area contributed by atoms with Crippen LogP contribution in [0.5, 0.6) is 11.5 Å². The van der Waals surface area contributed by atoms with Crippen molar-refractivity contribution in [2.45, 2.75) is 45.4 Å². The molecule has 28 heavy (non-hydrogen) atoms. The van der Waals surface area contributed by atoms with Crippen LogP contribution in [0.1, 0.15) is 44.6 Å². The number of rotatable bonds is 11. The Bertz CT molecular complexity index is 613. The molecule has 1 fully saturated rings. The fourth-order valence-electron chi connectivity index (χ4n) is 3.88. The Morgan fingerprint density at radius 3 is 2.46 bits per heavy atom. The first-order valence-corrected chi connectivity index (χ1v) is 10.4. The normalized spacial score (nSPS) is 16.1. The Hall–Kier alpha value is -1.95. The molecule has 158 valence electrons. The number of benzene rings is 1. The van der Waals surface area contributed by atoms with Crippen molar-refractivity contribution in [1.29, 1.82) is 0 Å². The summed E-state index contributed by atoms with van der Waals surface area (Å²) in [6.07, 6.45) is 7.11. The number of guanidine groups is 1. The number of nitrogens with zero attached hydrogens (tertiary/aromatic N) is 1. The molecule has 0 amide bonds. The highest BCUT2D eigenvalue weighted by Crippen LogP contribution is 2.41. The molecule has 1 aliphatic carbocycles. The maximum Gasteiger partial charge on any atom is 0.191 e. The van der Waals surface area contributed by atoms with E-state index in [9.17, 15) is 0 Å². The van der Waals surface area contributed by atoms with E-state index >= 15 is 0 Å². The Kier molecular flexibility index (Phi) is 9.41. The van der Waals surface area contributed by atoms with E-state index in [0.29, 0.717) is 5.41 Å². The number of hydrogen-bond donors (Lipinski definition) is 2. The van der Waals surface area contributed by atoms with Gasteiger partial charge in [0.05, 0.1) is 14.2 Å². The van der Waals surface area contributed by atoms with Crippen LogP contribution < -0.4 is 20.1 Å². The predicted octanol–water partition coefficient (Wildman–Crippen LogP) is 3.40. The maximum absolute atomic E-state index is 5.39. The monoisotopic (exact) mass is 391 g/mol. The third-order valence-electron chi connectivity index (χ3n) is 5.57. The average Bonchev–Trinajstić information content (AvgIpc) is 3.19. The molecule has 2 rings (SSSR count). The van der Waals surface area contributed by atoms with Crippen LogP contribution in [0.4, 0.5) is 0 Å². The highest BCUT2D eigenvalue weighted by molar-refractivity contribution is 5.79. The van der Waals surface area contributed by atoms with Gasteiger partial charge < -0.3 is 24.8 Å². The molecule has 1 saturated carbocycles. The van der Waals surface area contributed by atoms with E-state index in [-0.39, 0.29) is 0 Å². The Balaban J connectivity index is 1.92. The topological polar surface area (TPSA) is 64.1 Å². The molecule has 0 aliphatic heterocycles. The fraction of sp³-hybridized carbons (Fsp3) is 0.682. The van der Waals surface area contributed by atoms with Crippen molar-refractivity contribution in [1.82, 2.24) is 10.6 Å². The molecule has 1 aromatic rings. The van der Waals surface area contributed by atoms with Crippen molar-refractivity contribution < 1.29 is 14.2 Å². The summed E-state index contributed by atoms with van der Waals surface area (Å²) in [6.45, 7) is 5.45. The van der Waals surface area contributed by atoms with Crippen molar-refractivity contribution in [3.05, 3.63) is 23.8 Å². The summed E-state index contributed by atoms with van der Waals surface area (Å²) in [7, 11) is 5.10. The molecule has 0 atom stereocenters. The van der Waals surface area contributed by atoms with Gasteiger partial charge in [0.1, 0.15) is 0 Å². The number of aliphatic imine (C=N–C) groups is 1. The lowest BCUT2D eigenvalue weighted by atomic mass is 9.83. The molecule has 6 nitrogen and oxygen atoms in total. The SMILES string of the molecule is CCNC(=NCC1(CCOC)CCCC1)NCCc1ccc(OC)c(OC)c1. The van der Waals surface area contributed by atoms with Gasteiger partial charge in [0, 0.05) is 33.4 Å². The minimum atomic E-state index is 0.307. The molecule has 2 N–H and O–H groups in total. The third-order valence-corrected chi connectivity index (χ3v) is 5.57. The van der Waals surface area contributed by atoms with Gasteiger partial charge in [-0.3, -0.25) is 4.99 Å². The van der Waals surface area contributed by atoms with E-state index in [1.54, 1.807) is 21.3 Å². The molecule has 0 aromatic heterocycles. The van der Waals surface area contributed by atoms with Crippen LogP contribution in [0, 0.1) is 5.41 Å².